The molecule has 0 unspecified atom stereocenters. The number of phenolic OH excluding ortho intramolecular Hbond substituents is 1. The number of azo groups is 3. The van der Waals surface area contributed by atoms with Crippen LogP contribution in [0.3, 0.4) is 0 Å². The van der Waals surface area contributed by atoms with Gasteiger partial charge in [0.25, 0.3) is 0 Å². The number of nitrogens with zero attached hydrogens (tertiary/aromatic N) is 6. The van der Waals surface area contributed by atoms with Crippen molar-refractivity contribution in [1.82, 2.24) is 0 Å². The summed E-state index contributed by atoms with van der Waals surface area (Å²) in [6.07, 6.45) is 0.785. The molecule has 0 radical (unpaired) electrons. The number of aromatic hydroxyl groups is 1. The van der Waals surface area contributed by atoms with E-state index < -0.39 is 0 Å². The van der Waals surface area contributed by atoms with Crippen molar-refractivity contribution >= 4 is 44.9 Å². The summed E-state index contributed by atoms with van der Waals surface area (Å²) in [6, 6.07) is 35.4. The summed E-state index contributed by atoms with van der Waals surface area (Å²) in [6.45, 7) is -0.682. The van der Waals surface area contributed by atoms with Crippen LogP contribution in [0.15, 0.2) is 146 Å². The van der Waals surface area contributed by atoms with Crippen LogP contribution < -0.4 is 9.47 Å². The first-order valence-corrected chi connectivity index (χ1v) is 15.7. The molecular weight excluding hydrogens is 632 g/mol. The van der Waals surface area contributed by atoms with E-state index in [9.17, 15) is 15.3 Å². The van der Waals surface area contributed by atoms with Gasteiger partial charge in [-0.1, -0.05) is 72.8 Å². The summed E-state index contributed by atoms with van der Waals surface area (Å²) >= 11 is 0. The van der Waals surface area contributed by atoms with E-state index in [1.165, 1.54) is 19.8 Å². The molecule has 6 aromatic rings. The van der Waals surface area contributed by atoms with Crippen LogP contribution in [0.5, 0.6) is 17.2 Å². The molecule has 0 bridgehead atoms. The van der Waals surface area contributed by atoms with Crippen LogP contribution in [0, 0.1) is 0 Å². The number of phenols is 1. The molecule has 0 saturated carbocycles. The Morgan fingerprint density at radius 1 is 0.500 bits per heavy atom. The summed E-state index contributed by atoms with van der Waals surface area (Å²) in [4.78, 5) is 0. The van der Waals surface area contributed by atoms with E-state index in [2.05, 4.69) is 48.9 Å². The number of rotatable bonds is 12. The number of aliphatic hydroxyl groups is 2. The van der Waals surface area contributed by atoms with Gasteiger partial charge < -0.3 is 24.8 Å². The highest BCUT2D eigenvalue weighted by Crippen LogP contribution is 2.41. The molecule has 250 valence electrons. The molecule has 3 N–H and O–H groups in total. The fourth-order valence-corrected chi connectivity index (χ4v) is 5.32. The van der Waals surface area contributed by atoms with Gasteiger partial charge in [0.15, 0.2) is 5.75 Å². The second kappa shape index (κ2) is 15.7. The Bertz CT molecular complexity index is 2210. The molecule has 0 amide bonds. The number of fused-ring (bicyclic) bond motifs is 1. The summed E-state index contributed by atoms with van der Waals surface area (Å²) < 4.78 is 11.1. The Hall–Kier alpha value is -6.30. The maximum absolute atomic E-state index is 11.0. The van der Waals surface area contributed by atoms with Crippen LogP contribution in [0.4, 0.5) is 34.1 Å². The van der Waals surface area contributed by atoms with Crippen LogP contribution in [0.2, 0.25) is 0 Å². The Balaban J connectivity index is 1.25. The highest BCUT2D eigenvalue weighted by Gasteiger charge is 2.14. The second-order valence-corrected chi connectivity index (χ2v) is 11.2. The van der Waals surface area contributed by atoms with Gasteiger partial charge in [0.1, 0.15) is 28.6 Å². The molecule has 0 aliphatic carbocycles. The molecule has 6 rings (SSSR count). The maximum Gasteiger partial charge on any atom is 0.150 e. The minimum absolute atomic E-state index is 0.00744. The van der Waals surface area contributed by atoms with Crippen LogP contribution in [-0.4, -0.2) is 29.5 Å². The maximum atomic E-state index is 11.0. The molecule has 0 aliphatic heterocycles. The number of ether oxygens (including phenoxy) is 2. The van der Waals surface area contributed by atoms with Crippen molar-refractivity contribution in [2.75, 3.05) is 14.2 Å². The summed E-state index contributed by atoms with van der Waals surface area (Å²) in [5, 5.41) is 58.7. The van der Waals surface area contributed by atoms with E-state index in [1.807, 2.05) is 66.7 Å². The average molecular weight is 667 g/mol. The molecule has 0 aliphatic rings. The average Bonchev–Trinajstić information content (AvgIpc) is 3.16. The van der Waals surface area contributed by atoms with E-state index >= 15 is 0 Å². The first-order valence-electron chi connectivity index (χ1n) is 15.7. The van der Waals surface area contributed by atoms with E-state index in [1.54, 1.807) is 30.3 Å². The lowest BCUT2D eigenvalue weighted by atomic mass is 10.0. The molecule has 0 aromatic heterocycles. The highest BCUT2D eigenvalue weighted by molar-refractivity contribution is 5.92. The van der Waals surface area contributed by atoms with E-state index in [-0.39, 0.29) is 24.7 Å². The predicted octanol–water partition coefficient (Wildman–Crippen LogP) is 10.4. The van der Waals surface area contributed by atoms with Gasteiger partial charge in [-0.15, -0.1) is 20.5 Å². The van der Waals surface area contributed by atoms with Gasteiger partial charge in [-0.3, -0.25) is 0 Å². The summed E-state index contributed by atoms with van der Waals surface area (Å²) in [5.74, 6) is 0.692. The lowest BCUT2D eigenvalue weighted by molar-refractivity contribution is 0.282. The summed E-state index contributed by atoms with van der Waals surface area (Å²) in [7, 11) is 2.97. The SMILES string of the molecule is COc1cc(N=Nc2ccccc2)c(CO)cc1N=Nc1cc(OC)c(N=Nc2ccc3cc(Cc4ccccc4)ccc3c2O)cc1CO. The zero-order valence-electron chi connectivity index (χ0n) is 27.4. The Labute approximate surface area is 288 Å². The van der Waals surface area contributed by atoms with Gasteiger partial charge >= 0.3 is 0 Å². The van der Waals surface area contributed by atoms with Crippen LogP contribution in [0.25, 0.3) is 10.8 Å². The number of hydrogen-bond acceptors (Lipinski definition) is 11. The highest BCUT2D eigenvalue weighted by atomic mass is 16.5. The third kappa shape index (κ3) is 7.70. The monoisotopic (exact) mass is 666 g/mol. The zero-order chi connectivity index (χ0) is 34.9. The fraction of sp³-hybridized carbons (Fsp3) is 0.128. The van der Waals surface area contributed by atoms with Crippen molar-refractivity contribution in [2.45, 2.75) is 19.6 Å². The minimum Gasteiger partial charge on any atom is -0.505 e. The van der Waals surface area contributed by atoms with Crippen molar-refractivity contribution < 1.29 is 24.8 Å². The lowest BCUT2D eigenvalue weighted by Crippen LogP contribution is -1.90. The van der Waals surface area contributed by atoms with Gasteiger partial charge in [-0.05, 0) is 53.3 Å². The first kappa shape index (κ1) is 33.6. The molecule has 0 atom stereocenters. The Morgan fingerprint density at radius 2 is 1.04 bits per heavy atom. The molecule has 0 spiro atoms. The quantitative estimate of drug-likeness (QED) is 0.111. The molecule has 0 heterocycles. The number of benzene rings is 6. The molecule has 50 heavy (non-hydrogen) atoms. The van der Waals surface area contributed by atoms with Crippen molar-refractivity contribution in [1.29, 1.82) is 0 Å². The Kier molecular flexibility index (Phi) is 10.6. The van der Waals surface area contributed by atoms with E-state index in [0.717, 1.165) is 17.4 Å². The smallest absolute Gasteiger partial charge is 0.150 e. The van der Waals surface area contributed by atoms with Gasteiger partial charge in [0, 0.05) is 28.6 Å². The second-order valence-electron chi connectivity index (χ2n) is 11.2. The topological polar surface area (TPSA) is 153 Å². The lowest BCUT2D eigenvalue weighted by Gasteiger charge is -2.10. The Morgan fingerprint density at radius 3 is 1.62 bits per heavy atom. The zero-order valence-corrected chi connectivity index (χ0v) is 27.4. The third-order valence-electron chi connectivity index (χ3n) is 7.95. The molecule has 11 heteroatoms. The van der Waals surface area contributed by atoms with Crippen LogP contribution >= 0.6 is 0 Å². The molecule has 0 fully saturated rings. The fourth-order valence-electron chi connectivity index (χ4n) is 5.32. The van der Waals surface area contributed by atoms with Crippen LogP contribution in [0.1, 0.15) is 22.3 Å². The molecule has 0 saturated heterocycles. The van der Waals surface area contributed by atoms with Crippen LogP contribution in [-0.2, 0) is 19.6 Å². The normalized spacial score (nSPS) is 11.7. The number of aliphatic hydroxyl groups excluding tert-OH is 2. The van der Waals surface area contributed by atoms with Gasteiger partial charge in [-0.2, -0.15) is 10.2 Å². The van der Waals surface area contributed by atoms with Gasteiger partial charge in [0.05, 0.1) is 44.5 Å². The van der Waals surface area contributed by atoms with Gasteiger partial charge in [0.2, 0.25) is 0 Å². The van der Waals surface area contributed by atoms with Crippen molar-refractivity contribution in [3.8, 4) is 17.2 Å². The van der Waals surface area contributed by atoms with Gasteiger partial charge in [-0.25, -0.2) is 0 Å². The number of methoxy groups -OCH3 is 2. The molecular formula is C39H34N6O5. The first-order chi connectivity index (χ1) is 24.5. The number of hydrogen-bond donors (Lipinski definition) is 3. The van der Waals surface area contributed by atoms with E-state index in [0.29, 0.717) is 56.4 Å². The minimum atomic E-state index is -0.370. The largest absolute Gasteiger partial charge is 0.505 e. The molecule has 11 nitrogen and oxygen atoms in total. The molecule has 6 aromatic carbocycles. The standard InChI is InChI=1S/C39H34N6O5/c1-49-37-21-33(42-40-30-11-7-4-8-12-30)28(23-46)19-36(37)45-43-34-22-38(50-2)35(20-29(34)24-47)44-41-32-16-14-27-18-26(13-15-31(27)39(32)48)17-25-9-5-3-6-10-25/h3-16,18-22,46-48H,17,23-24H2,1-2H3. The predicted molar refractivity (Wildman–Crippen MR) is 192 cm³/mol. The third-order valence-corrected chi connectivity index (χ3v) is 7.95. The van der Waals surface area contributed by atoms with E-state index in [4.69, 9.17) is 9.47 Å². The van der Waals surface area contributed by atoms with Crippen molar-refractivity contribution in [2.24, 2.45) is 30.7 Å². The van der Waals surface area contributed by atoms with Crippen molar-refractivity contribution in [3.63, 3.8) is 0 Å². The van der Waals surface area contributed by atoms with Crippen molar-refractivity contribution in [3.05, 3.63) is 138 Å². The summed E-state index contributed by atoms with van der Waals surface area (Å²) in [5.41, 5.74) is 5.56.